The maximum atomic E-state index is 12.3. The number of alkyl halides is 1. The van der Waals surface area contributed by atoms with Crippen LogP contribution in [0.3, 0.4) is 0 Å². The van der Waals surface area contributed by atoms with E-state index in [0.29, 0.717) is 5.33 Å². The molecule has 0 bridgehead atoms. The van der Waals surface area contributed by atoms with Gasteiger partial charge >= 0.3 is 0 Å². The van der Waals surface area contributed by atoms with Crippen molar-refractivity contribution in [2.75, 3.05) is 5.33 Å². The first-order valence-electron chi connectivity index (χ1n) is 6.49. The number of hydrogen-bond donors (Lipinski definition) is 2. The molecule has 3 nitrogen and oxygen atoms in total. The highest BCUT2D eigenvalue weighted by molar-refractivity contribution is 9.10. The van der Waals surface area contributed by atoms with E-state index in [0.717, 1.165) is 16.5 Å². The summed E-state index contributed by atoms with van der Waals surface area (Å²) in [6.07, 6.45) is 0.729. The quantitative estimate of drug-likeness (QED) is 0.732. The highest BCUT2D eigenvalue weighted by atomic mass is 79.9. The molecule has 0 spiro atoms. The molecule has 0 aliphatic heterocycles. The first-order valence-corrected chi connectivity index (χ1v) is 8.41. The molecule has 2 rings (SSSR count). The molecule has 2 aromatic carbocycles. The lowest BCUT2D eigenvalue weighted by molar-refractivity contribution is 0.0938. The molecular formula is C16H15Br2NO2. The fourth-order valence-corrected chi connectivity index (χ4v) is 2.75. The van der Waals surface area contributed by atoms with E-state index < -0.39 is 0 Å². The van der Waals surface area contributed by atoms with E-state index in [1.165, 1.54) is 6.07 Å². The lowest BCUT2D eigenvalue weighted by Crippen LogP contribution is -2.37. The molecule has 1 amide bonds. The minimum atomic E-state index is -0.283. The topological polar surface area (TPSA) is 49.3 Å². The van der Waals surface area contributed by atoms with Crippen molar-refractivity contribution in [3.8, 4) is 5.75 Å². The number of phenolic OH excluding ortho intramolecular Hbond substituents is 1. The number of aromatic hydroxyl groups is 1. The molecule has 2 aromatic rings. The number of hydrogen-bond acceptors (Lipinski definition) is 2. The largest absolute Gasteiger partial charge is 0.507 e. The average molecular weight is 413 g/mol. The molecule has 0 saturated carbocycles. The summed E-state index contributed by atoms with van der Waals surface area (Å²) in [7, 11) is 0. The van der Waals surface area contributed by atoms with E-state index in [2.05, 4.69) is 37.2 Å². The van der Waals surface area contributed by atoms with Crippen LogP contribution in [0.2, 0.25) is 0 Å². The predicted octanol–water partition coefficient (Wildman–Crippen LogP) is 3.89. The molecule has 1 unspecified atom stereocenters. The summed E-state index contributed by atoms with van der Waals surface area (Å²) in [6, 6.07) is 14.7. The van der Waals surface area contributed by atoms with Crippen molar-refractivity contribution in [1.82, 2.24) is 5.32 Å². The van der Waals surface area contributed by atoms with Crippen LogP contribution >= 0.6 is 31.9 Å². The van der Waals surface area contributed by atoms with Gasteiger partial charge < -0.3 is 10.4 Å². The Balaban J connectivity index is 2.07. The Bertz CT molecular complexity index is 617. The highest BCUT2D eigenvalue weighted by Crippen LogP contribution is 2.22. The number of amides is 1. The first-order chi connectivity index (χ1) is 10.1. The van der Waals surface area contributed by atoms with E-state index >= 15 is 0 Å². The summed E-state index contributed by atoms with van der Waals surface area (Å²) in [5.41, 5.74) is 1.42. The van der Waals surface area contributed by atoms with Crippen LogP contribution in [0.5, 0.6) is 5.75 Å². The van der Waals surface area contributed by atoms with Gasteiger partial charge in [-0.05, 0) is 30.2 Å². The monoisotopic (exact) mass is 411 g/mol. The molecule has 5 heteroatoms. The fraction of sp³-hybridized carbons (Fsp3) is 0.188. The number of carbonyl (C=O) groups is 1. The normalized spacial score (nSPS) is 11.9. The summed E-state index contributed by atoms with van der Waals surface area (Å²) in [5, 5.41) is 13.4. The molecule has 0 aliphatic carbocycles. The average Bonchev–Trinajstić information content (AvgIpc) is 2.50. The smallest absolute Gasteiger partial charge is 0.255 e. The Kier molecular flexibility index (Phi) is 5.82. The molecule has 21 heavy (non-hydrogen) atoms. The molecule has 0 saturated heterocycles. The van der Waals surface area contributed by atoms with Gasteiger partial charge in [0.25, 0.3) is 5.91 Å². The third-order valence-corrected chi connectivity index (χ3v) is 4.32. The van der Waals surface area contributed by atoms with Crippen LogP contribution in [0, 0.1) is 0 Å². The van der Waals surface area contributed by atoms with Gasteiger partial charge in [-0.2, -0.15) is 0 Å². The van der Waals surface area contributed by atoms with Crippen LogP contribution < -0.4 is 5.32 Å². The predicted molar refractivity (Wildman–Crippen MR) is 91.0 cm³/mol. The molecule has 0 heterocycles. The van der Waals surface area contributed by atoms with Crippen LogP contribution in [-0.2, 0) is 6.42 Å². The van der Waals surface area contributed by atoms with Gasteiger partial charge in [-0.15, -0.1) is 0 Å². The van der Waals surface area contributed by atoms with Gasteiger partial charge in [-0.25, -0.2) is 0 Å². The Hall–Kier alpha value is -1.33. The molecule has 0 aromatic heterocycles. The van der Waals surface area contributed by atoms with Crippen molar-refractivity contribution in [2.45, 2.75) is 12.5 Å². The molecule has 0 aliphatic rings. The molecule has 2 N–H and O–H groups in total. The van der Waals surface area contributed by atoms with Crippen molar-refractivity contribution in [3.63, 3.8) is 0 Å². The van der Waals surface area contributed by atoms with Crippen molar-refractivity contribution in [2.24, 2.45) is 0 Å². The summed E-state index contributed by atoms with van der Waals surface area (Å²) < 4.78 is 0.754. The number of rotatable bonds is 5. The van der Waals surface area contributed by atoms with Crippen molar-refractivity contribution < 1.29 is 9.90 Å². The van der Waals surface area contributed by atoms with Crippen LogP contribution in [-0.4, -0.2) is 22.4 Å². The zero-order chi connectivity index (χ0) is 15.2. The van der Waals surface area contributed by atoms with Crippen LogP contribution in [0.25, 0.3) is 0 Å². The van der Waals surface area contributed by atoms with E-state index in [-0.39, 0.29) is 23.3 Å². The van der Waals surface area contributed by atoms with Crippen LogP contribution in [0.15, 0.2) is 53.0 Å². The van der Waals surface area contributed by atoms with Gasteiger partial charge in [0.1, 0.15) is 5.75 Å². The van der Waals surface area contributed by atoms with Gasteiger partial charge in [-0.3, -0.25) is 4.79 Å². The SMILES string of the molecule is O=C(NC(CBr)Cc1ccccc1)c1cc(Br)ccc1O. The van der Waals surface area contributed by atoms with Gasteiger partial charge in [0.2, 0.25) is 0 Å². The number of carbonyl (C=O) groups excluding carboxylic acids is 1. The van der Waals surface area contributed by atoms with Crippen molar-refractivity contribution >= 4 is 37.8 Å². The number of nitrogens with one attached hydrogen (secondary N) is 1. The minimum absolute atomic E-state index is 0.0243. The fourth-order valence-electron chi connectivity index (χ4n) is 2.00. The highest BCUT2D eigenvalue weighted by Gasteiger charge is 2.16. The van der Waals surface area contributed by atoms with E-state index in [1.807, 2.05) is 30.3 Å². The Morgan fingerprint density at radius 1 is 1.19 bits per heavy atom. The molecule has 110 valence electrons. The standard InChI is InChI=1S/C16H15Br2NO2/c17-10-13(8-11-4-2-1-3-5-11)19-16(21)14-9-12(18)6-7-15(14)20/h1-7,9,13,20H,8,10H2,(H,19,21). The minimum Gasteiger partial charge on any atom is -0.507 e. The molecule has 0 radical (unpaired) electrons. The third kappa shape index (κ3) is 4.58. The van der Waals surface area contributed by atoms with Crippen LogP contribution in [0.1, 0.15) is 15.9 Å². The van der Waals surface area contributed by atoms with E-state index in [4.69, 9.17) is 0 Å². The molecule has 1 atom stereocenters. The van der Waals surface area contributed by atoms with E-state index in [1.54, 1.807) is 12.1 Å². The maximum absolute atomic E-state index is 12.3. The Morgan fingerprint density at radius 3 is 2.57 bits per heavy atom. The third-order valence-electron chi connectivity index (χ3n) is 3.05. The van der Waals surface area contributed by atoms with Crippen molar-refractivity contribution in [3.05, 3.63) is 64.1 Å². The van der Waals surface area contributed by atoms with Crippen LogP contribution in [0.4, 0.5) is 0 Å². The second-order valence-electron chi connectivity index (χ2n) is 4.68. The first kappa shape index (κ1) is 16.0. The second-order valence-corrected chi connectivity index (χ2v) is 6.24. The number of benzene rings is 2. The summed E-state index contributed by atoms with van der Waals surface area (Å²) in [4.78, 5) is 12.3. The Morgan fingerprint density at radius 2 is 1.90 bits per heavy atom. The second kappa shape index (κ2) is 7.61. The summed E-state index contributed by atoms with van der Waals surface area (Å²) >= 11 is 6.72. The molecule has 0 fully saturated rings. The lowest BCUT2D eigenvalue weighted by Gasteiger charge is -2.17. The zero-order valence-electron chi connectivity index (χ0n) is 11.2. The maximum Gasteiger partial charge on any atom is 0.255 e. The number of phenols is 1. The lowest BCUT2D eigenvalue weighted by atomic mass is 10.1. The summed E-state index contributed by atoms with van der Waals surface area (Å²) in [5.74, 6) is -0.307. The zero-order valence-corrected chi connectivity index (χ0v) is 14.4. The van der Waals surface area contributed by atoms with Gasteiger partial charge in [0.05, 0.1) is 5.56 Å². The number of halogens is 2. The van der Waals surface area contributed by atoms with Crippen molar-refractivity contribution in [1.29, 1.82) is 0 Å². The summed E-state index contributed by atoms with van der Waals surface area (Å²) in [6.45, 7) is 0. The van der Waals surface area contributed by atoms with Gasteiger partial charge in [0, 0.05) is 15.8 Å². The van der Waals surface area contributed by atoms with Gasteiger partial charge in [0.15, 0.2) is 0 Å². The van der Waals surface area contributed by atoms with Gasteiger partial charge in [-0.1, -0.05) is 62.2 Å². The van der Waals surface area contributed by atoms with E-state index in [9.17, 15) is 9.90 Å². The molecular weight excluding hydrogens is 398 g/mol. The Labute approximate surface area is 140 Å².